The molecule has 1 aromatic carbocycles. The van der Waals surface area contributed by atoms with Crippen LogP contribution in [0.15, 0.2) is 18.2 Å². The molecule has 76 valence electrons. The van der Waals surface area contributed by atoms with Gasteiger partial charge in [0, 0.05) is 5.56 Å². The Labute approximate surface area is 84.9 Å². The molecular weight excluding hydrogens is 176 g/mol. The van der Waals surface area contributed by atoms with Gasteiger partial charge in [-0.05, 0) is 36.6 Å². The summed E-state index contributed by atoms with van der Waals surface area (Å²) < 4.78 is 5.12. The molecule has 0 fully saturated rings. The van der Waals surface area contributed by atoms with E-state index in [2.05, 4.69) is 6.92 Å². The quantitative estimate of drug-likeness (QED) is 0.670. The Hall–Kier alpha value is -1.31. The number of aldehydes is 1. The molecule has 0 atom stereocenters. The zero-order chi connectivity index (χ0) is 10.4. The minimum Gasteiger partial charge on any atom is -0.497 e. The van der Waals surface area contributed by atoms with Crippen molar-refractivity contribution in [2.24, 2.45) is 0 Å². The Bertz CT molecular complexity index is 305. The van der Waals surface area contributed by atoms with E-state index in [1.165, 1.54) is 0 Å². The third kappa shape index (κ3) is 2.59. The zero-order valence-electron chi connectivity index (χ0n) is 8.75. The first-order valence-electron chi connectivity index (χ1n) is 4.94. The molecule has 0 aliphatic heterocycles. The number of methoxy groups -OCH3 is 1. The summed E-state index contributed by atoms with van der Waals surface area (Å²) in [6.45, 7) is 2.14. The van der Waals surface area contributed by atoms with E-state index in [1.54, 1.807) is 7.11 Å². The van der Waals surface area contributed by atoms with E-state index >= 15 is 0 Å². The molecule has 0 unspecified atom stereocenters. The van der Waals surface area contributed by atoms with E-state index in [0.29, 0.717) is 0 Å². The lowest BCUT2D eigenvalue weighted by atomic mass is 10.0. The molecule has 2 heteroatoms. The van der Waals surface area contributed by atoms with Crippen LogP contribution in [-0.4, -0.2) is 13.4 Å². The highest BCUT2D eigenvalue weighted by atomic mass is 16.5. The topological polar surface area (TPSA) is 26.3 Å². The Morgan fingerprint density at radius 3 is 2.79 bits per heavy atom. The number of hydrogen-bond donors (Lipinski definition) is 0. The van der Waals surface area contributed by atoms with Crippen molar-refractivity contribution in [2.45, 2.75) is 26.2 Å². The number of ether oxygens (including phenoxy) is 1. The van der Waals surface area contributed by atoms with Gasteiger partial charge in [-0.3, -0.25) is 4.79 Å². The van der Waals surface area contributed by atoms with Crippen molar-refractivity contribution < 1.29 is 9.53 Å². The van der Waals surface area contributed by atoms with Crippen LogP contribution < -0.4 is 4.74 Å². The normalized spacial score (nSPS) is 9.86. The average molecular weight is 192 g/mol. The third-order valence-corrected chi connectivity index (χ3v) is 2.28. The molecule has 0 aliphatic carbocycles. The van der Waals surface area contributed by atoms with Crippen LogP contribution in [0.3, 0.4) is 0 Å². The largest absolute Gasteiger partial charge is 0.497 e. The molecule has 0 spiro atoms. The van der Waals surface area contributed by atoms with E-state index in [4.69, 9.17) is 4.74 Å². The number of aryl methyl sites for hydroxylation is 1. The predicted molar refractivity (Wildman–Crippen MR) is 57.0 cm³/mol. The van der Waals surface area contributed by atoms with Crippen molar-refractivity contribution >= 4 is 6.29 Å². The standard InChI is InChI=1S/C12H16O2/c1-3-4-5-10-8-12(14-2)7-6-11(10)9-13/h6-9H,3-5H2,1-2H3. The SMILES string of the molecule is CCCCc1cc(OC)ccc1C=O. The molecule has 0 saturated heterocycles. The van der Waals surface area contributed by atoms with Gasteiger partial charge >= 0.3 is 0 Å². The molecule has 0 heterocycles. The second-order valence-corrected chi connectivity index (χ2v) is 3.29. The van der Waals surface area contributed by atoms with E-state index in [1.807, 2.05) is 18.2 Å². The first-order chi connectivity index (χ1) is 6.81. The number of carbonyl (C=O) groups is 1. The second kappa shape index (κ2) is 5.43. The lowest BCUT2D eigenvalue weighted by molar-refractivity contribution is 0.112. The minimum atomic E-state index is 0.777. The van der Waals surface area contributed by atoms with Gasteiger partial charge in [0.2, 0.25) is 0 Å². The Kier molecular flexibility index (Phi) is 4.17. The molecule has 0 amide bonds. The average Bonchev–Trinajstić information content (AvgIpc) is 2.25. The van der Waals surface area contributed by atoms with Gasteiger partial charge in [-0.1, -0.05) is 13.3 Å². The van der Waals surface area contributed by atoms with Crippen molar-refractivity contribution in [3.63, 3.8) is 0 Å². The summed E-state index contributed by atoms with van der Waals surface area (Å²) >= 11 is 0. The molecule has 1 rings (SSSR count). The van der Waals surface area contributed by atoms with Crippen molar-refractivity contribution in [3.05, 3.63) is 29.3 Å². The number of hydrogen-bond acceptors (Lipinski definition) is 2. The molecule has 14 heavy (non-hydrogen) atoms. The number of unbranched alkanes of at least 4 members (excludes halogenated alkanes) is 1. The van der Waals surface area contributed by atoms with E-state index in [0.717, 1.165) is 42.4 Å². The van der Waals surface area contributed by atoms with Crippen LogP contribution in [0.25, 0.3) is 0 Å². The van der Waals surface area contributed by atoms with Crippen LogP contribution in [-0.2, 0) is 6.42 Å². The highest BCUT2D eigenvalue weighted by Gasteiger charge is 2.02. The van der Waals surface area contributed by atoms with E-state index in [9.17, 15) is 4.79 Å². The molecule has 1 aromatic rings. The van der Waals surface area contributed by atoms with Crippen molar-refractivity contribution in [2.75, 3.05) is 7.11 Å². The summed E-state index contributed by atoms with van der Waals surface area (Å²) in [7, 11) is 1.64. The lowest BCUT2D eigenvalue weighted by Crippen LogP contribution is -1.94. The molecule has 2 nitrogen and oxygen atoms in total. The third-order valence-electron chi connectivity index (χ3n) is 2.28. The van der Waals surface area contributed by atoms with Gasteiger partial charge in [0.05, 0.1) is 7.11 Å². The maximum Gasteiger partial charge on any atom is 0.150 e. The number of carbonyl (C=O) groups excluding carboxylic acids is 1. The van der Waals surface area contributed by atoms with Crippen LogP contribution in [0, 0.1) is 0 Å². The molecule has 0 aromatic heterocycles. The molecular formula is C12H16O2. The molecule has 0 aliphatic rings. The summed E-state index contributed by atoms with van der Waals surface area (Å²) in [5, 5.41) is 0. The van der Waals surface area contributed by atoms with Gasteiger partial charge in [0.25, 0.3) is 0 Å². The molecule has 0 saturated carbocycles. The highest BCUT2D eigenvalue weighted by Crippen LogP contribution is 2.18. The summed E-state index contributed by atoms with van der Waals surface area (Å²) in [4.78, 5) is 10.7. The summed E-state index contributed by atoms with van der Waals surface area (Å²) in [6.07, 6.45) is 4.09. The van der Waals surface area contributed by atoms with Gasteiger partial charge in [-0.2, -0.15) is 0 Å². The Balaban J connectivity index is 2.90. The summed E-state index contributed by atoms with van der Waals surface area (Å²) in [6, 6.07) is 5.58. The van der Waals surface area contributed by atoms with Crippen LogP contribution in [0.2, 0.25) is 0 Å². The summed E-state index contributed by atoms with van der Waals surface area (Å²) in [5.74, 6) is 0.821. The van der Waals surface area contributed by atoms with Crippen molar-refractivity contribution in [1.82, 2.24) is 0 Å². The fourth-order valence-electron chi connectivity index (χ4n) is 1.41. The maximum absolute atomic E-state index is 10.7. The van der Waals surface area contributed by atoms with Gasteiger partial charge in [-0.15, -0.1) is 0 Å². The van der Waals surface area contributed by atoms with Gasteiger partial charge in [0.15, 0.2) is 0 Å². The van der Waals surface area contributed by atoms with Gasteiger partial charge in [-0.25, -0.2) is 0 Å². The minimum absolute atomic E-state index is 0.777. The van der Waals surface area contributed by atoms with Crippen molar-refractivity contribution in [3.8, 4) is 5.75 Å². The van der Waals surface area contributed by atoms with E-state index < -0.39 is 0 Å². The fourth-order valence-corrected chi connectivity index (χ4v) is 1.41. The second-order valence-electron chi connectivity index (χ2n) is 3.29. The van der Waals surface area contributed by atoms with Crippen molar-refractivity contribution in [1.29, 1.82) is 0 Å². The molecule has 0 bridgehead atoms. The van der Waals surface area contributed by atoms with Crippen LogP contribution in [0.4, 0.5) is 0 Å². The number of rotatable bonds is 5. The van der Waals surface area contributed by atoms with Crippen LogP contribution in [0.5, 0.6) is 5.75 Å². The molecule has 0 N–H and O–H groups in total. The first kappa shape index (κ1) is 10.8. The highest BCUT2D eigenvalue weighted by molar-refractivity contribution is 5.77. The summed E-state index contributed by atoms with van der Waals surface area (Å²) in [5.41, 5.74) is 1.86. The number of benzene rings is 1. The van der Waals surface area contributed by atoms with Crippen LogP contribution >= 0.6 is 0 Å². The monoisotopic (exact) mass is 192 g/mol. The van der Waals surface area contributed by atoms with Gasteiger partial charge < -0.3 is 4.74 Å². The zero-order valence-corrected chi connectivity index (χ0v) is 8.75. The smallest absolute Gasteiger partial charge is 0.150 e. The maximum atomic E-state index is 10.7. The fraction of sp³-hybridized carbons (Fsp3) is 0.417. The molecule has 0 radical (unpaired) electrons. The lowest BCUT2D eigenvalue weighted by Gasteiger charge is -2.06. The van der Waals surface area contributed by atoms with Gasteiger partial charge in [0.1, 0.15) is 12.0 Å². The Morgan fingerprint density at radius 1 is 1.43 bits per heavy atom. The predicted octanol–water partition coefficient (Wildman–Crippen LogP) is 2.85. The van der Waals surface area contributed by atoms with Crippen LogP contribution in [0.1, 0.15) is 35.7 Å². The first-order valence-corrected chi connectivity index (χ1v) is 4.94. The van der Waals surface area contributed by atoms with E-state index in [-0.39, 0.29) is 0 Å². The Morgan fingerprint density at radius 2 is 2.21 bits per heavy atom.